The molecule has 0 unspecified atom stereocenters. The van der Waals surface area contributed by atoms with Gasteiger partial charge >= 0.3 is 6.01 Å². The topological polar surface area (TPSA) is 91.5 Å². The number of carbonyl (C=O) groups excluding carboxylic acids is 1. The zero-order valence-corrected chi connectivity index (χ0v) is 9.72. The standard InChI is InChI=1S/C10H16N4O3/c1-3-4-14(5-6-15)7-9(16)11-10-13-12-8(2)17-10/h3,15H,1,4-7H2,2H3,(H,11,13,16). The molecule has 1 aromatic rings. The van der Waals surface area contributed by atoms with Crippen molar-refractivity contribution in [1.82, 2.24) is 15.1 Å². The second-order valence-electron chi connectivity index (χ2n) is 3.42. The van der Waals surface area contributed by atoms with Gasteiger partial charge in [0.1, 0.15) is 0 Å². The van der Waals surface area contributed by atoms with E-state index in [1.165, 1.54) is 0 Å². The Bertz CT molecular complexity index is 377. The second kappa shape index (κ2) is 6.77. The number of nitrogens with zero attached hydrogens (tertiary/aromatic N) is 3. The first kappa shape index (κ1) is 13.3. The number of nitrogens with one attached hydrogen (secondary N) is 1. The van der Waals surface area contributed by atoms with E-state index in [0.29, 0.717) is 19.0 Å². The number of aliphatic hydroxyl groups excluding tert-OH is 1. The van der Waals surface area contributed by atoms with Gasteiger partial charge in [0, 0.05) is 20.0 Å². The van der Waals surface area contributed by atoms with E-state index in [9.17, 15) is 4.79 Å². The molecule has 94 valence electrons. The molecule has 1 heterocycles. The van der Waals surface area contributed by atoms with Crippen LogP contribution in [0.1, 0.15) is 5.89 Å². The predicted molar refractivity (Wildman–Crippen MR) is 61.4 cm³/mol. The van der Waals surface area contributed by atoms with Gasteiger partial charge in [0.05, 0.1) is 13.2 Å². The summed E-state index contributed by atoms with van der Waals surface area (Å²) in [6.07, 6.45) is 1.67. The van der Waals surface area contributed by atoms with Gasteiger partial charge in [-0.05, 0) is 0 Å². The van der Waals surface area contributed by atoms with Crippen LogP contribution in [-0.2, 0) is 4.79 Å². The van der Waals surface area contributed by atoms with Gasteiger partial charge < -0.3 is 9.52 Å². The van der Waals surface area contributed by atoms with Crippen molar-refractivity contribution in [3.63, 3.8) is 0 Å². The van der Waals surface area contributed by atoms with Gasteiger partial charge in [0.2, 0.25) is 11.8 Å². The monoisotopic (exact) mass is 240 g/mol. The number of aromatic nitrogens is 2. The van der Waals surface area contributed by atoms with E-state index in [-0.39, 0.29) is 25.1 Å². The molecule has 0 saturated carbocycles. The molecule has 2 N–H and O–H groups in total. The molecule has 1 rings (SSSR count). The molecule has 0 aromatic carbocycles. The molecule has 7 heteroatoms. The van der Waals surface area contributed by atoms with Crippen LogP contribution in [0.15, 0.2) is 17.1 Å². The van der Waals surface area contributed by atoms with Gasteiger partial charge in [-0.2, -0.15) is 0 Å². The number of amides is 1. The van der Waals surface area contributed by atoms with Gasteiger partial charge in [0.15, 0.2) is 0 Å². The van der Waals surface area contributed by atoms with Crippen LogP contribution in [0, 0.1) is 6.92 Å². The lowest BCUT2D eigenvalue weighted by Gasteiger charge is -2.17. The van der Waals surface area contributed by atoms with Crippen molar-refractivity contribution < 1.29 is 14.3 Å². The van der Waals surface area contributed by atoms with Gasteiger partial charge in [-0.3, -0.25) is 15.0 Å². The number of anilines is 1. The Hall–Kier alpha value is -1.73. The molecular formula is C10H16N4O3. The summed E-state index contributed by atoms with van der Waals surface area (Å²) in [4.78, 5) is 13.3. The highest BCUT2D eigenvalue weighted by Crippen LogP contribution is 2.03. The molecular weight excluding hydrogens is 224 g/mol. The summed E-state index contributed by atoms with van der Waals surface area (Å²) < 4.78 is 5.01. The summed E-state index contributed by atoms with van der Waals surface area (Å²) in [5.74, 6) is 0.113. The first-order chi connectivity index (χ1) is 8.15. The summed E-state index contributed by atoms with van der Waals surface area (Å²) in [7, 11) is 0. The van der Waals surface area contributed by atoms with Crippen LogP contribution < -0.4 is 5.32 Å². The summed E-state index contributed by atoms with van der Waals surface area (Å²) in [6.45, 7) is 6.27. The first-order valence-electron chi connectivity index (χ1n) is 5.19. The Morgan fingerprint density at radius 1 is 1.65 bits per heavy atom. The highest BCUT2D eigenvalue weighted by molar-refractivity contribution is 5.90. The Morgan fingerprint density at radius 3 is 2.94 bits per heavy atom. The van der Waals surface area contributed by atoms with Gasteiger partial charge in [-0.15, -0.1) is 11.7 Å². The molecule has 1 amide bonds. The maximum absolute atomic E-state index is 11.6. The highest BCUT2D eigenvalue weighted by atomic mass is 16.4. The van der Waals surface area contributed by atoms with E-state index in [4.69, 9.17) is 9.52 Å². The van der Waals surface area contributed by atoms with Crippen LogP contribution in [0.4, 0.5) is 6.01 Å². The Labute approximate surface area is 99.1 Å². The normalized spacial score (nSPS) is 10.5. The minimum absolute atomic E-state index is 0.0131. The molecule has 0 atom stereocenters. The molecule has 0 bridgehead atoms. The summed E-state index contributed by atoms with van der Waals surface area (Å²) in [6, 6.07) is 0.0788. The van der Waals surface area contributed by atoms with Crippen molar-refractivity contribution in [1.29, 1.82) is 0 Å². The van der Waals surface area contributed by atoms with Crippen LogP contribution in [0.2, 0.25) is 0 Å². The molecule has 17 heavy (non-hydrogen) atoms. The third kappa shape index (κ3) is 4.75. The summed E-state index contributed by atoms with van der Waals surface area (Å²) in [5.41, 5.74) is 0. The lowest BCUT2D eigenvalue weighted by molar-refractivity contribution is -0.117. The molecule has 0 radical (unpaired) electrons. The Kier molecular flexibility index (Phi) is 5.31. The fourth-order valence-corrected chi connectivity index (χ4v) is 1.27. The van der Waals surface area contributed by atoms with Crippen LogP contribution in [-0.4, -0.2) is 52.4 Å². The lowest BCUT2D eigenvalue weighted by atomic mass is 10.4. The van der Waals surface area contributed by atoms with Gasteiger partial charge in [-0.25, -0.2) is 0 Å². The van der Waals surface area contributed by atoms with E-state index in [1.807, 2.05) is 0 Å². The highest BCUT2D eigenvalue weighted by Gasteiger charge is 2.11. The molecule has 0 aliphatic heterocycles. The first-order valence-corrected chi connectivity index (χ1v) is 5.19. The average Bonchev–Trinajstić information content (AvgIpc) is 2.64. The number of hydrogen-bond donors (Lipinski definition) is 2. The van der Waals surface area contributed by atoms with Gasteiger partial charge in [-0.1, -0.05) is 11.2 Å². The van der Waals surface area contributed by atoms with E-state index >= 15 is 0 Å². The minimum atomic E-state index is -0.274. The zero-order valence-electron chi connectivity index (χ0n) is 9.72. The van der Waals surface area contributed by atoms with Gasteiger partial charge in [0.25, 0.3) is 0 Å². The summed E-state index contributed by atoms with van der Waals surface area (Å²) >= 11 is 0. The van der Waals surface area contributed by atoms with Crippen molar-refractivity contribution in [2.24, 2.45) is 0 Å². The number of rotatable bonds is 7. The number of aliphatic hydroxyl groups is 1. The van der Waals surface area contributed by atoms with Crippen molar-refractivity contribution in [3.05, 3.63) is 18.5 Å². The number of carbonyl (C=O) groups is 1. The molecule has 0 aliphatic rings. The summed E-state index contributed by atoms with van der Waals surface area (Å²) in [5, 5.41) is 18.5. The smallest absolute Gasteiger partial charge is 0.322 e. The fourth-order valence-electron chi connectivity index (χ4n) is 1.27. The van der Waals surface area contributed by atoms with Crippen molar-refractivity contribution in [3.8, 4) is 0 Å². The predicted octanol–water partition coefficient (Wildman–Crippen LogP) is -0.203. The Balaban J connectivity index is 2.44. The molecule has 1 aromatic heterocycles. The van der Waals surface area contributed by atoms with Crippen molar-refractivity contribution in [2.75, 3.05) is 31.6 Å². The number of hydrogen-bond acceptors (Lipinski definition) is 6. The lowest BCUT2D eigenvalue weighted by Crippen LogP contribution is -2.35. The zero-order chi connectivity index (χ0) is 12.7. The minimum Gasteiger partial charge on any atom is -0.408 e. The average molecular weight is 240 g/mol. The maximum atomic E-state index is 11.6. The van der Waals surface area contributed by atoms with Crippen LogP contribution in [0.3, 0.4) is 0 Å². The van der Waals surface area contributed by atoms with E-state index < -0.39 is 0 Å². The Morgan fingerprint density at radius 2 is 2.41 bits per heavy atom. The molecule has 0 fully saturated rings. The van der Waals surface area contributed by atoms with E-state index in [1.54, 1.807) is 17.9 Å². The fraction of sp³-hybridized carbons (Fsp3) is 0.500. The molecule has 0 spiro atoms. The maximum Gasteiger partial charge on any atom is 0.322 e. The number of aryl methyl sites for hydroxylation is 1. The molecule has 0 saturated heterocycles. The molecule has 7 nitrogen and oxygen atoms in total. The van der Waals surface area contributed by atoms with Crippen LogP contribution in [0.5, 0.6) is 0 Å². The third-order valence-corrected chi connectivity index (χ3v) is 1.94. The van der Waals surface area contributed by atoms with Crippen molar-refractivity contribution >= 4 is 11.9 Å². The van der Waals surface area contributed by atoms with E-state index in [0.717, 1.165) is 0 Å². The SMILES string of the molecule is C=CCN(CCO)CC(=O)Nc1nnc(C)o1. The van der Waals surface area contributed by atoms with Crippen LogP contribution in [0.25, 0.3) is 0 Å². The third-order valence-electron chi connectivity index (χ3n) is 1.94. The van der Waals surface area contributed by atoms with Crippen LogP contribution >= 0.6 is 0 Å². The van der Waals surface area contributed by atoms with Crippen molar-refractivity contribution in [2.45, 2.75) is 6.92 Å². The largest absolute Gasteiger partial charge is 0.408 e. The van der Waals surface area contributed by atoms with E-state index in [2.05, 4.69) is 22.1 Å². The molecule has 0 aliphatic carbocycles. The quantitative estimate of drug-likeness (QED) is 0.641. The second-order valence-corrected chi connectivity index (χ2v) is 3.42.